The van der Waals surface area contributed by atoms with Crippen LogP contribution < -0.4 is 9.64 Å². The van der Waals surface area contributed by atoms with Crippen LogP contribution in [0.3, 0.4) is 0 Å². The Morgan fingerprint density at radius 2 is 2.04 bits per heavy atom. The zero-order valence-electron chi connectivity index (χ0n) is 13.2. The Hall–Kier alpha value is -2.16. The number of benzene rings is 1. The maximum atomic E-state index is 12.9. The first-order valence-corrected chi connectivity index (χ1v) is 8.17. The van der Waals surface area contributed by atoms with Crippen molar-refractivity contribution < 1.29 is 22.7 Å². The Morgan fingerprint density at radius 1 is 1.32 bits per heavy atom. The van der Waals surface area contributed by atoms with Gasteiger partial charge in [0.05, 0.1) is 11.7 Å². The minimum atomic E-state index is -4.58. The van der Waals surface area contributed by atoms with Crippen molar-refractivity contribution >= 4 is 27.5 Å². The first kappa shape index (κ1) is 17.7. The van der Waals surface area contributed by atoms with Gasteiger partial charge in [0, 0.05) is 10.7 Å². The van der Waals surface area contributed by atoms with Crippen LogP contribution in [-0.2, 0) is 11.0 Å². The monoisotopic (exact) mass is 415 g/mol. The second kappa shape index (κ2) is 6.29. The smallest absolute Gasteiger partial charge is 0.433 e. The third kappa shape index (κ3) is 3.33. The van der Waals surface area contributed by atoms with Gasteiger partial charge < -0.3 is 4.74 Å². The third-order valence-electron chi connectivity index (χ3n) is 3.80. The van der Waals surface area contributed by atoms with Crippen molar-refractivity contribution in [3.8, 4) is 5.75 Å². The van der Waals surface area contributed by atoms with Crippen LogP contribution in [0.1, 0.15) is 31.4 Å². The molecule has 1 aromatic heterocycles. The Balaban J connectivity index is 2.05. The molecule has 0 spiro atoms. The highest BCUT2D eigenvalue weighted by Gasteiger charge is 2.38. The Kier molecular flexibility index (Phi) is 4.44. The van der Waals surface area contributed by atoms with Crippen molar-refractivity contribution in [3.63, 3.8) is 0 Å². The molecule has 0 bridgehead atoms. The predicted molar refractivity (Wildman–Crippen MR) is 87.2 cm³/mol. The van der Waals surface area contributed by atoms with Crippen molar-refractivity contribution in [2.75, 3.05) is 4.90 Å². The second-order valence-corrected chi connectivity index (χ2v) is 6.47. The summed E-state index contributed by atoms with van der Waals surface area (Å²) in [4.78, 5) is 21.5. The molecule has 9 heteroatoms. The number of ether oxygens (including phenoxy) is 1. The van der Waals surface area contributed by atoms with E-state index < -0.39 is 24.0 Å². The Bertz CT molecular complexity index is 829. The maximum absolute atomic E-state index is 12.9. The summed E-state index contributed by atoms with van der Waals surface area (Å²) in [6, 6.07) is 5.09. The number of carbonyl (C=O) groups excluding carboxylic acids is 1. The van der Waals surface area contributed by atoms with Gasteiger partial charge in [0.25, 0.3) is 5.91 Å². The summed E-state index contributed by atoms with van der Waals surface area (Å²) in [6.07, 6.45) is -4.31. The number of aromatic nitrogens is 2. The van der Waals surface area contributed by atoms with Crippen molar-refractivity contribution in [3.05, 3.63) is 46.5 Å². The van der Waals surface area contributed by atoms with E-state index in [9.17, 15) is 18.0 Å². The molecule has 2 atom stereocenters. The van der Waals surface area contributed by atoms with Gasteiger partial charge in [0.15, 0.2) is 11.9 Å². The lowest BCUT2D eigenvalue weighted by Gasteiger charge is -2.36. The van der Waals surface area contributed by atoms with Gasteiger partial charge in [-0.15, -0.1) is 0 Å². The highest BCUT2D eigenvalue weighted by Crippen LogP contribution is 2.40. The molecule has 0 saturated carbocycles. The van der Waals surface area contributed by atoms with Crippen LogP contribution in [0.25, 0.3) is 0 Å². The van der Waals surface area contributed by atoms with Crippen molar-refractivity contribution in [2.45, 2.75) is 32.2 Å². The molecule has 0 fully saturated rings. The van der Waals surface area contributed by atoms with Crippen LogP contribution in [0.15, 0.2) is 34.9 Å². The SMILES string of the molecule is CC(c1nccc(C(F)(F)F)n1)N1C(=O)[C@@H](C)Oc2cc(Br)ccc21. The number of fused-ring (bicyclic) bond motifs is 1. The van der Waals surface area contributed by atoms with E-state index in [1.54, 1.807) is 32.0 Å². The number of amides is 1. The second-order valence-electron chi connectivity index (χ2n) is 5.55. The molecule has 1 aliphatic rings. The molecule has 5 nitrogen and oxygen atoms in total. The van der Waals surface area contributed by atoms with Crippen LogP contribution >= 0.6 is 15.9 Å². The zero-order chi connectivity index (χ0) is 18.4. The molecule has 0 radical (unpaired) electrons. The van der Waals surface area contributed by atoms with E-state index in [1.165, 1.54) is 4.90 Å². The van der Waals surface area contributed by atoms with E-state index in [4.69, 9.17) is 4.74 Å². The molecule has 0 aliphatic carbocycles. The molecular weight excluding hydrogens is 403 g/mol. The molecule has 3 rings (SSSR count). The summed E-state index contributed by atoms with van der Waals surface area (Å²) in [5, 5.41) is 0. The van der Waals surface area contributed by atoms with Gasteiger partial charge in [-0.3, -0.25) is 9.69 Å². The minimum absolute atomic E-state index is 0.0915. The van der Waals surface area contributed by atoms with Gasteiger partial charge in [-0.2, -0.15) is 13.2 Å². The fourth-order valence-corrected chi connectivity index (χ4v) is 2.92. The average molecular weight is 416 g/mol. The Labute approximate surface area is 150 Å². The topological polar surface area (TPSA) is 55.3 Å². The van der Waals surface area contributed by atoms with Gasteiger partial charge in [-0.05, 0) is 38.1 Å². The van der Waals surface area contributed by atoms with E-state index in [0.717, 1.165) is 16.7 Å². The number of anilines is 1. The van der Waals surface area contributed by atoms with Gasteiger partial charge >= 0.3 is 6.18 Å². The molecule has 132 valence electrons. The number of hydrogen-bond acceptors (Lipinski definition) is 4. The Morgan fingerprint density at radius 3 is 2.72 bits per heavy atom. The largest absolute Gasteiger partial charge is 0.479 e. The molecular formula is C16H13BrF3N3O2. The normalized spacial score (nSPS) is 18.6. The van der Waals surface area contributed by atoms with Crippen LogP contribution in [0.5, 0.6) is 5.75 Å². The molecule has 2 heterocycles. The average Bonchev–Trinajstić information content (AvgIpc) is 2.55. The van der Waals surface area contributed by atoms with Crippen LogP contribution in [0.2, 0.25) is 0 Å². The van der Waals surface area contributed by atoms with E-state index >= 15 is 0 Å². The summed E-state index contributed by atoms with van der Waals surface area (Å²) in [5.41, 5.74) is -0.589. The molecule has 2 aromatic rings. The van der Waals surface area contributed by atoms with Gasteiger partial charge in [0.1, 0.15) is 11.4 Å². The number of carbonyl (C=O) groups is 1. The minimum Gasteiger partial charge on any atom is -0.479 e. The van der Waals surface area contributed by atoms with Crippen molar-refractivity contribution in [1.29, 1.82) is 0 Å². The lowest BCUT2D eigenvalue weighted by Crippen LogP contribution is -2.46. The standard InChI is InChI=1S/C16H13BrF3N3O2/c1-8(14-21-6-5-13(22-14)16(18,19)20)23-11-4-3-10(17)7-12(11)25-9(2)15(23)24/h3-9H,1-2H3/t8?,9-/m1/s1. The van der Waals surface area contributed by atoms with Gasteiger partial charge in [0.2, 0.25) is 0 Å². The summed E-state index contributed by atoms with van der Waals surface area (Å²) in [6.45, 7) is 3.16. The van der Waals surface area contributed by atoms with Crippen LogP contribution in [0.4, 0.5) is 18.9 Å². The fourth-order valence-electron chi connectivity index (χ4n) is 2.58. The number of rotatable bonds is 2. The number of hydrogen-bond donors (Lipinski definition) is 0. The predicted octanol–water partition coefficient (Wildman–Crippen LogP) is 4.13. The van der Waals surface area contributed by atoms with Crippen LogP contribution in [0, 0.1) is 0 Å². The quantitative estimate of drug-likeness (QED) is 0.739. The number of halogens is 4. The van der Waals surface area contributed by atoms with Crippen LogP contribution in [-0.4, -0.2) is 22.0 Å². The van der Waals surface area contributed by atoms with E-state index in [1.807, 2.05) is 0 Å². The van der Waals surface area contributed by atoms with Crippen molar-refractivity contribution in [1.82, 2.24) is 9.97 Å². The lowest BCUT2D eigenvalue weighted by molar-refractivity contribution is -0.141. The van der Waals surface area contributed by atoms with Gasteiger partial charge in [-0.25, -0.2) is 9.97 Å². The highest BCUT2D eigenvalue weighted by molar-refractivity contribution is 9.10. The lowest BCUT2D eigenvalue weighted by atomic mass is 10.1. The molecule has 25 heavy (non-hydrogen) atoms. The first-order chi connectivity index (χ1) is 11.7. The first-order valence-electron chi connectivity index (χ1n) is 7.38. The van der Waals surface area contributed by atoms with E-state index in [0.29, 0.717) is 11.4 Å². The fraction of sp³-hybridized carbons (Fsp3) is 0.312. The summed E-state index contributed by atoms with van der Waals surface area (Å²) < 4.78 is 45.0. The summed E-state index contributed by atoms with van der Waals surface area (Å²) >= 11 is 3.33. The molecule has 1 unspecified atom stereocenters. The zero-order valence-corrected chi connectivity index (χ0v) is 14.8. The maximum Gasteiger partial charge on any atom is 0.433 e. The number of alkyl halides is 3. The third-order valence-corrected chi connectivity index (χ3v) is 4.29. The molecule has 0 saturated heterocycles. The molecule has 1 amide bonds. The van der Waals surface area contributed by atoms with Gasteiger partial charge in [-0.1, -0.05) is 15.9 Å². The molecule has 1 aliphatic heterocycles. The summed E-state index contributed by atoms with van der Waals surface area (Å²) in [5.74, 6) is -0.00483. The molecule has 0 N–H and O–H groups in total. The highest BCUT2D eigenvalue weighted by atomic mass is 79.9. The van der Waals surface area contributed by atoms with Crippen molar-refractivity contribution in [2.24, 2.45) is 0 Å². The molecule has 1 aromatic carbocycles. The summed E-state index contributed by atoms with van der Waals surface area (Å²) in [7, 11) is 0. The van der Waals surface area contributed by atoms with E-state index in [-0.39, 0.29) is 11.7 Å². The number of nitrogens with zero attached hydrogens (tertiary/aromatic N) is 3. The van der Waals surface area contributed by atoms with E-state index in [2.05, 4.69) is 25.9 Å².